The summed E-state index contributed by atoms with van der Waals surface area (Å²) in [4.78, 5) is 15.2. The molecule has 7 rings (SSSR count). The number of fused-ring (bicyclic) bond motifs is 4. The molecule has 1 unspecified atom stereocenters. The zero-order chi connectivity index (χ0) is 35.7. The standard InChI is InChI=1S/C20H24N2O2.C10H8N2.4CNS.Cr/c1-3-13-12-22-9-7-14(13)10-19(22)20(23)16-6-8-21-18-5-4-15(24-2)11-17(16)18;1-3-7-11-9(5-1)10-6-2-4-8-12-10;4*2-1-3;/h3-6,8,11,13-14,19-20,23H,1,7,9-10,12H2,2H3;1-8H;;;;;/q;;4*-1;+3/p+1/t13-,14-,19-,20+;;;;;;/m0....../s1. The number of benzene rings is 1. The molecular formula is C34H33CrN8O2S4. The molecule has 4 aromatic rings. The molecule has 3 aliphatic rings. The predicted molar refractivity (Wildman–Crippen MR) is 207 cm³/mol. The van der Waals surface area contributed by atoms with Crippen molar-refractivity contribution in [3.63, 3.8) is 0 Å². The van der Waals surface area contributed by atoms with Crippen molar-refractivity contribution in [2.75, 3.05) is 20.2 Å². The van der Waals surface area contributed by atoms with E-state index in [1.54, 1.807) is 25.7 Å². The molecule has 49 heavy (non-hydrogen) atoms. The third-order valence-electron chi connectivity index (χ3n) is 7.41. The van der Waals surface area contributed by atoms with Gasteiger partial charge in [-0.25, -0.2) is 0 Å². The third kappa shape index (κ3) is 15.1. The summed E-state index contributed by atoms with van der Waals surface area (Å²) < 4.78 is 5.35. The van der Waals surface area contributed by atoms with Crippen LogP contribution in [0.15, 0.2) is 91.9 Å². The van der Waals surface area contributed by atoms with Crippen LogP contribution < -0.4 is 4.74 Å². The van der Waals surface area contributed by atoms with Gasteiger partial charge in [-0.3, -0.25) is 19.9 Å². The largest absolute Gasteiger partial charge is 3.00 e. The first-order chi connectivity index (χ1) is 23.3. The summed E-state index contributed by atoms with van der Waals surface area (Å²) >= 11 is 14.8. The molecule has 6 heterocycles. The topological polar surface area (TPSA) is 161 Å². The van der Waals surface area contributed by atoms with Crippen molar-refractivity contribution in [1.29, 1.82) is 0 Å². The summed E-state index contributed by atoms with van der Waals surface area (Å²) in [6, 6.07) is 19.6. The molecule has 0 amide bonds. The zero-order valence-electron chi connectivity index (χ0n) is 27.4. The average Bonchev–Trinajstić information content (AvgIpc) is 3.13. The Morgan fingerprint density at radius 2 is 1.45 bits per heavy atom. The Morgan fingerprint density at radius 3 is 1.88 bits per heavy atom. The smallest absolute Gasteiger partial charge is 0.753 e. The van der Waals surface area contributed by atoms with E-state index in [1.165, 1.54) is 27.1 Å². The molecule has 251 valence electrons. The molecule has 0 spiro atoms. The van der Waals surface area contributed by atoms with Gasteiger partial charge in [0.1, 0.15) is 5.75 Å². The van der Waals surface area contributed by atoms with Gasteiger partial charge in [-0.2, -0.15) is 20.6 Å². The Bertz CT molecular complexity index is 1620. The molecule has 10 nitrogen and oxygen atoms in total. The number of hydrogen-bond donors (Lipinski definition) is 1. The van der Waals surface area contributed by atoms with Crippen LogP contribution in [0.3, 0.4) is 0 Å². The number of hydrogen-bond acceptors (Lipinski definition) is 10. The minimum atomic E-state index is -0.504. The number of ether oxygens (including phenoxy) is 1. The molecule has 1 N–H and O–H groups in total. The van der Waals surface area contributed by atoms with Crippen molar-refractivity contribution in [2.45, 2.75) is 25.0 Å². The molecule has 3 aromatic heterocycles. The second-order valence-corrected chi connectivity index (χ2v) is 10.5. The van der Waals surface area contributed by atoms with Crippen molar-refractivity contribution in [3.8, 4) is 17.1 Å². The first-order valence-corrected chi connectivity index (χ1v) is 15.8. The number of isothiocyanates is 4. The van der Waals surface area contributed by atoms with Crippen LogP contribution >= 0.6 is 48.9 Å². The Balaban J connectivity index is 0. The number of rotatable bonds is 5. The molecule has 0 aliphatic carbocycles. The molecule has 3 fully saturated rings. The second-order valence-electron chi connectivity index (χ2n) is 9.77. The number of thiocarbonyl (C=S) groups is 4. The minimum absolute atomic E-state index is 0. The van der Waals surface area contributed by atoms with Crippen LogP contribution in [0.25, 0.3) is 43.9 Å². The Hall–Kier alpha value is -3.88. The van der Waals surface area contributed by atoms with Gasteiger partial charge in [-0.15, -0.1) is 6.58 Å². The van der Waals surface area contributed by atoms with Gasteiger partial charge in [0.15, 0.2) is 0 Å². The predicted octanol–water partition coefficient (Wildman–Crippen LogP) is 8.06. The molecule has 1 aromatic carbocycles. The van der Waals surface area contributed by atoms with Crippen LogP contribution in [0.1, 0.15) is 25.9 Å². The number of pyridine rings is 3. The first kappa shape index (κ1) is 45.1. The number of aliphatic hydroxyl groups excluding tert-OH is 1. The van der Waals surface area contributed by atoms with Gasteiger partial charge in [0.2, 0.25) is 0 Å². The van der Waals surface area contributed by atoms with Crippen molar-refractivity contribution in [2.24, 2.45) is 11.8 Å². The average molecular weight is 766 g/mol. The second kappa shape index (κ2) is 27.0. The molecule has 3 saturated heterocycles. The minimum Gasteiger partial charge on any atom is -0.753 e. The molecule has 15 heteroatoms. The van der Waals surface area contributed by atoms with Gasteiger partial charge in [-0.1, -0.05) is 67.1 Å². The van der Waals surface area contributed by atoms with E-state index < -0.39 is 6.10 Å². The van der Waals surface area contributed by atoms with Crippen molar-refractivity contribution in [1.82, 2.24) is 19.9 Å². The van der Waals surface area contributed by atoms with E-state index in [4.69, 9.17) is 26.4 Å². The monoisotopic (exact) mass is 765 g/mol. The number of aliphatic hydroxyl groups is 1. The summed E-state index contributed by atoms with van der Waals surface area (Å²) in [6.07, 6.45) is 9.16. The summed E-state index contributed by atoms with van der Waals surface area (Å²) in [7, 11) is 1.66. The number of aromatic nitrogens is 3. The van der Waals surface area contributed by atoms with Gasteiger partial charge in [0, 0.05) is 36.6 Å². The Labute approximate surface area is 320 Å². The maximum Gasteiger partial charge on any atom is 3.00 e. The van der Waals surface area contributed by atoms with Gasteiger partial charge in [0.25, 0.3) is 0 Å². The van der Waals surface area contributed by atoms with E-state index >= 15 is 0 Å². The van der Waals surface area contributed by atoms with E-state index in [2.05, 4.69) is 81.4 Å². The fourth-order valence-electron chi connectivity index (χ4n) is 5.47. The molecule has 1 radical (unpaired) electrons. The summed E-state index contributed by atoms with van der Waals surface area (Å²) in [6.45, 7) is 6.07. The Morgan fingerprint density at radius 1 is 0.898 bits per heavy atom. The number of piperidine rings is 3. The van der Waals surface area contributed by atoms with Crippen LogP contribution in [0.5, 0.6) is 5.75 Å². The van der Waals surface area contributed by atoms with Crippen molar-refractivity contribution >= 4 is 80.4 Å². The van der Waals surface area contributed by atoms with Crippen LogP contribution in [0, 0.1) is 11.8 Å². The molecule has 2 bridgehead atoms. The molecule has 5 atom stereocenters. The zero-order valence-corrected chi connectivity index (χ0v) is 30.9. The molecular weight excluding hydrogens is 733 g/mol. The maximum atomic E-state index is 11.2. The van der Waals surface area contributed by atoms with Crippen molar-refractivity contribution < 1.29 is 28.6 Å². The fourth-order valence-corrected chi connectivity index (χ4v) is 5.47. The fraction of sp³-hybridized carbons (Fsp3) is 0.265. The van der Waals surface area contributed by atoms with E-state index in [1.807, 2.05) is 60.7 Å². The Kier molecular flexibility index (Phi) is 24.9. The molecule has 3 aliphatic heterocycles. The van der Waals surface area contributed by atoms with Crippen LogP contribution in [0.2, 0.25) is 0 Å². The molecule has 0 saturated carbocycles. The van der Waals surface area contributed by atoms with Crippen LogP contribution in [0.4, 0.5) is 0 Å². The van der Waals surface area contributed by atoms with E-state index in [-0.39, 0.29) is 24.8 Å². The van der Waals surface area contributed by atoms with Crippen LogP contribution in [-0.2, 0) is 17.4 Å². The SMILES string of the molecule is C=C[C@H]1CN2CC[C@H]1C[C@H]2[C@H](O)c1ccnc2ccc(OC)cc12.[Cr+3].[H+].[N-]=C=S.[N-]=C=S.[N-]=C=S.[N-]=C=S.c1ccc(-c2ccccn2)nc1. The normalized spacial score (nSPS) is 17.8. The van der Waals surface area contributed by atoms with Gasteiger partial charge < -0.3 is 31.5 Å². The summed E-state index contributed by atoms with van der Waals surface area (Å²) in [5, 5.41) is 46.0. The summed E-state index contributed by atoms with van der Waals surface area (Å²) in [5.74, 6) is 2.01. The van der Waals surface area contributed by atoms with Gasteiger partial charge in [0.05, 0.1) is 30.1 Å². The van der Waals surface area contributed by atoms with E-state index in [0.717, 1.165) is 53.1 Å². The maximum absolute atomic E-state index is 11.2. The van der Waals surface area contributed by atoms with E-state index in [0.29, 0.717) is 11.8 Å². The van der Waals surface area contributed by atoms with Crippen LogP contribution in [-0.4, -0.2) is 71.8 Å². The number of nitrogens with zero attached hydrogens (tertiary/aromatic N) is 8. The number of methoxy groups -OCH3 is 1. The van der Waals surface area contributed by atoms with Crippen molar-refractivity contribution in [3.05, 3.63) is 119 Å². The first-order valence-electron chi connectivity index (χ1n) is 14.2. The van der Waals surface area contributed by atoms with Gasteiger partial charge in [-0.05, 0) is 85.3 Å². The third-order valence-corrected chi connectivity index (χ3v) is 7.41. The van der Waals surface area contributed by atoms with Gasteiger partial charge >= 0.3 is 18.8 Å². The quantitative estimate of drug-likeness (QED) is 0.120. The van der Waals surface area contributed by atoms with E-state index in [9.17, 15) is 5.11 Å². The summed E-state index contributed by atoms with van der Waals surface area (Å²) in [5.41, 5.74) is 3.68.